The first-order chi connectivity index (χ1) is 9.81. The molecule has 0 aromatic carbocycles. The minimum absolute atomic E-state index is 0.448. The average molecular weight is 299 g/mol. The Kier molecular flexibility index (Phi) is 11.5. The summed E-state index contributed by atoms with van der Waals surface area (Å²) in [4.78, 5) is 0. The highest BCUT2D eigenvalue weighted by Gasteiger charge is 2.25. The quantitative estimate of drug-likeness (QED) is 0.389. The van der Waals surface area contributed by atoms with Crippen molar-refractivity contribution in [3.05, 3.63) is 0 Å². The molecule has 0 N–H and O–H groups in total. The summed E-state index contributed by atoms with van der Waals surface area (Å²) in [6.07, 6.45) is 8.33. The molecule has 4 unspecified atom stereocenters. The molecule has 0 aliphatic rings. The van der Waals surface area contributed by atoms with Crippen LogP contribution in [0.3, 0.4) is 0 Å². The van der Waals surface area contributed by atoms with Crippen LogP contribution in [-0.2, 0) is 4.74 Å². The van der Waals surface area contributed by atoms with Gasteiger partial charge in [0, 0.05) is 0 Å². The van der Waals surface area contributed by atoms with Crippen molar-refractivity contribution in [2.45, 2.75) is 106 Å². The smallest absolute Gasteiger partial charge is 0.0604 e. The lowest BCUT2D eigenvalue weighted by molar-refractivity contribution is -0.0759. The normalized spacial score (nSPS) is 18.0. The molecule has 0 rings (SSSR count). The van der Waals surface area contributed by atoms with E-state index in [-0.39, 0.29) is 0 Å². The summed E-state index contributed by atoms with van der Waals surface area (Å²) in [6, 6.07) is 0. The molecule has 0 amide bonds. The molecule has 0 bridgehead atoms. The van der Waals surface area contributed by atoms with Gasteiger partial charge in [0.2, 0.25) is 0 Å². The molecule has 128 valence electrons. The van der Waals surface area contributed by atoms with Crippen molar-refractivity contribution < 1.29 is 4.74 Å². The number of ether oxygens (including phenoxy) is 1. The largest absolute Gasteiger partial charge is 0.374 e. The molecular formula is C20H42O. The van der Waals surface area contributed by atoms with Gasteiger partial charge in [-0.3, -0.25) is 0 Å². The van der Waals surface area contributed by atoms with Crippen LogP contribution in [-0.4, -0.2) is 12.2 Å². The van der Waals surface area contributed by atoms with E-state index in [0.717, 1.165) is 11.8 Å². The standard InChI is InChI=1S/C20H42O/c1-9-11-19(17(7)13-15(3)4)21-20(12-10-2)18(8)14-16(5)6/h15-20H,9-14H2,1-8H3. The highest BCUT2D eigenvalue weighted by Crippen LogP contribution is 2.28. The van der Waals surface area contributed by atoms with Crippen LogP contribution in [0.5, 0.6) is 0 Å². The van der Waals surface area contributed by atoms with Crippen LogP contribution in [0.2, 0.25) is 0 Å². The number of hydrogen-bond acceptors (Lipinski definition) is 1. The van der Waals surface area contributed by atoms with Crippen LogP contribution in [0.25, 0.3) is 0 Å². The fourth-order valence-electron chi connectivity index (χ4n) is 3.56. The Hall–Kier alpha value is -0.0400. The summed E-state index contributed by atoms with van der Waals surface area (Å²) in [7, 11) is 0. The van der Waals surface area contributed by atoms with Gasteiger partial charge in [0.1, 0.15) is 0 Å². The molecule has 0 aromatic heterocycles. The topological polar surface area (TPSA) is 9.23 Å². The summed E-state index contributed by atoms with van der Waals surface area (Å²) in [5, 5.41) is 0. The van der Waals surface area contributed by atoms with Crippen molar-refractivity contribution in [2.75, 3.05) is 0 Å². The molecule has 1 nitrogen and oxygen atoms in total. The third-order valence-corrected chi connectivity index (χ3v) is 4.45. The maximum absolute atomic E-state index is 6.66. The van der Waals surface area contributed by atoms with Gasteiger partial charge in [-0.1, -0.05) is 68.2 Å². The van der Waals surface area contributed by atoms with E-state index in [0.29, 0.717) is 24.0 Å². The van der Waals surface area contributed by atoms with Crippen molar-refractivity contribution >= 4 is 0 Å². The zero-order valence-corrected chi connectivity index (χ0v) is 16.1. The van der Waals surface area contributed by atoms with Crippen LogP contribution in [0, 0.1) is 23.7 Å². The van der Waals surface area contributed by atoms with Crippen molar-refractivity contribution in [1.82, 2.24) is 0 Å². The predicted octanol–water partition coefficient (Wildman–Crippen LogP) is 6.70. The lowest BCUT2D eigenvalue weighted by Crippen LogP contribution is -2.32. The average Bonchev–Trinajstić information content (AvgIpc) is 2.35. The molecule has 0 saturated carbocycles. The Morgan fingerprint density at radius 3 is 1.19 bits per heavy atom. The Morgan fingerprint density at radius 2 is 0.952 bits per heavy atom. The second kappa shape index (κ2) is 11.5. The van der Waals surface area contributed by atoms with E-state index in [1.165, 1.54) is 38.5 Å². The summed E-state index contributed by atoms with van der Waals surface area (Å²) in [5.41, 5.74) is 0. The monoisotopic (exact) mass is 298 g/mol. The van der Waals surface area contributed by atoms with Crippen molar-refractivity contribution in [1.29, 1.82) is 0 Å². The van der Waals surface area contributed by atoms with Gasteiger partial charge < -0.3 is 4.74 Å². The van der Waals surface area contributed by atoms with Gasteiger partial charge in [0.15, 0.2) is 0 Å². The van der Waals surface area contributed by atoms with Crippen LogP contribution < -0.4 is 0 Å². The van der Waals surface area contributed by atoms with Gasteiger partial charge in [-0.25, -0.2) is 0 Å². The molecule has 1 heteroatoms. The fraction of sp³-hybridized carbons (Fsp3) is 1.00. The van der Waals surface area contributed by atoms with E-state index in [4.69, 9.17) is 4.74 Å². The fourth-order valence-corrected chi connectivity index (χ4v) is 3.56. The molecular weight excluding hydrogens is 256 g/mol. The van der Waals surface area contributed by atoms with Crippen molar-refractivity contribution in [3.8, 4) is 0 Å². The molecule has 0 fully saturated rings. The molecule has 0 aromatic rings. The first kappa shape index (κ1) is 21.0. The van der Waals surface area contributed by atoms with E-state index < -0.39 is 0 Å². The molecule has 4 atom stereocenters. The minimum atomic E-state index is 0.448. The maximum Gasteiger partial charge on any atom is 0.0604 e. The molecule has 0 aliphatic carbocycles. The zero-order chi connectivity index (χ0) is 16.4. The van der Waals surface area contributed by atoms with Gasteiger partial charge in [0.05, 0.1) is 12.2 Å². The molecule has 0 aliphatic heterocycles. The second-order valence-corrected chi connectivity index (χ2v) is 8.00. The maximum atomic E-state index is 6.66. The van der Waals surface area contributed by atoms with Crippen molar-refractivity contribution in [2.24, 2.45) is 23.7 Å². The van der Waals surface area contributed by atoms with Gasteiger partial charge in [-0.05, 0) is 49.4 Å². The lowest BCUT2D eigenvalue weighted by Gasteiger charge is -2.33. The number of rotatable bonds is 12. The lowest BCUT2D eigenvalue weighted by atomic mass is 9.89. The Labute approximate surface area is 135 Å². The number of hydrogen-bond donors (Lipinski definition) is 0. The summed E-state index contributed by atoms with van der Waals surface area (Å²) >= 11 is 0. The first-order valence-electron chi connectivity index (χ1n) is 9.47. The molecule has 0 radical (unpaired) electrons. The second-order valence-electron chi connectivity index (χ2n) is 8.00. The van der Waals surface area contributed by atoms with Crippen LogP contribution in [0.4, 0.5) is 0 Å². The highest BCUT2D eigenvalue weighted by molar-refractivity contribution is 4.74. The van der Waals surface area contributed by atoms with E-state index in [9.17, 15) is 0 Å². The third kappa shape index (κ3) is 9.55. The predicted molar refractivity (Wildman–Crippen MR) is 95.7 cm³/mol. The van der Waals surface area contributed by atoms with Gasteiger partial charge in [-0.2, -0.15) is 0 Å². The molecule has 0 heterocycles. The minimum Gasteiger partial charge on any atom is -0.374 e. The molecule has 0 saturated heterocycles. The summed E-state index contributed by atoms with van der Waals surface area (Å²) < 4.78 is 6.66. The van der Waals surface area contributed by atoms with Gasteiger partial charge >= 0.3 is 0 Å². The summed E-state index contributed by atoms with van der Waals surface area (Å²) in [5.74, 6) is 2.88. The molecule has 21 heavy (non-hydrogen) atoms. The van der Waals surface area contributed by atoms with E-state index in [1.807, 2.05) is 0 Å². The first-order valence-corrected chi connectivity index (χ1v) is 9.47. The Morgan fingerprint density at radius 1 is 0.619 bits per heavy atom. The van der Waals surface area contributed by atoms with Crippen LogP contribution >= 0.6 is 0 Å². The van der Waals surface area contributed by atoms with Crippen LogP contribution in [0.1, 0.15) is 93.9 Å². The van der Waals surface area contributed by atoms with E-state index >= 15 is 0 Å². The Bertz CT molecular complexity index is 210. The third-order valence-electron chi connectivity index (χ3n) is 4.45. The van der Waals surface area contributed by atoms with Crippen molar-refractivity contribution in [3.63, 3.8) is 0 Å². The van der Waals surface area contributed by atoms with Crippen LogP contribution in [0.15, 0.2) is 0 Å². The zero-order valence-electron chi connectivity index (χ0n) is 16.1. The van der Waals surface area contributed by atoms with E-state index in [1.54, 1.807) is 0 Å². The highest BCUT2D eigenvalue weighted by atomic mass is 16.5. The van der Waals surface area contributed by atoms with Gasteiger partial charge in [-0.15, -0.1) is 0 Å². The molecule has 0 spiro atoms. The Balaban J connectivity index is 4.71. The van der Waals surface area contributed by atoms with E-state index in [2.05, 4.69) is 55.4 Å². The summed E-state index contributed by atoms with van der Waals surface area (Å²) in [6.45, 7) is 18.6. The van der Waals surface area contributed by atoms with Gasteiger partial charge in [0.25, 0.3) is 0 Å². The SMILES string of the molecule is CCCC(OC(CCC)C(C)CC(C)C)C(C)CC(C)C.